The Morgan fingerprint density at radius 1 is 1.07 bits per heavy atom. The summed E-state index contributed by atoms with van der Waals surface area (Å²) in [5, 5.41) is 2.91. The maximum atomic E-state index is 12.7. The third kappa shape index (κ3) is 4.08. The first-order chi connectivity index (χ1) is 14.4. The van der Waals surface area contributed by atoms with Crippen molar-refractivity contribution in [3.05, 3.63) is 65.2 Å². The highest BCUT2D eigenvalue weighted by Gasteiger charge is 2.41. The molecule has 1 atom stereocenters. The van der Waals surface area contributed by atoms with E-state index in [0.29, 0.717) is 24.6 Å². The van der Waals surface area contributed by atoms with Crippen LogP contribution in [0.15, 0.2) is 48.5 Å². The zero-order valence-electron chi connectivity index (χ0n) is 17.4. The summed E-state index contributed by atoms with van der Waals surface area (Å²) < 4.78 is 0. The lowest BCUT2D eigenvalue weighted by molar-refractivity contribution is -0.154. The van der Waals surface area contributed by atoms with E-state index in [2.05, 4.69) is 19.2 Å². The van der Waals surface area contributed by atoms with E-state index >= 15 is 0 Å². The molecule has 4 rings (SSSR count). The van der Waals surface area contributed by atoms with Crippen molar-refractivity contribution in [3.8, 4) is 0 Å². The Morgan fingerprint density at radius 3 is 2.43 bits per heavy atom. The fraction of sp³-hybridized carbons (Fsp3) is 0.375. The molecule has 2 aromatic rings. The van der Waals surface area contributed by atoms with Gasteiger partial charge in [0.2, 0.25) is 11.8 Å². The minimum absolute atomic E-state index is 0.0246. The predicted octanol–water partition coefficient (Wildman–Crippen LogP) is 3.40. The molecule has 0 spiro atoms. The Hall–Kier alpha value is -3.15. The number of benzene rings is 2. The zero-order valence-corrected chi connectivity index (χ0v) is 17.4. The first-order valence-electron chi connectivity index (χ1n) is 10.5. The number of nitrogens with zero attached hydrogens (tertiary/aromatic N) is 2. The summed E-state index contributed by atoms with van der Waals surface area (Å²) in [5.74, 6) is 0.320. The Balaban J connectivity index is 1.38. The zero-order chi connectivity index (χ0) is 21.3. The number of nitrogens with one attached hydrogen (secondary N) is 1. The van der Waals surface area contributed by atoms with Gasteiger partial charge >= 0.3 is 0 Å². The molecule has 0 aliphatic carbocycles. The first-order valence-corrected chi connectivity index (χ1v) is 10.5. The molecular formula is C24H27N3O3. The van der Waals surface area contributed by atoms with E-state index in [1.807, 2.05) is 36.4 Å². The summed E-state index contributed by atoms with van der Waals surface area (Å²) in [4.78, 5) is 40.8. The van der Waals surface area contributed by atoms with E-state index in [9.17, 15) is 14.4 Å². The van der Waals surface area contributed by atoms with Crippen molar-refractivity contribution in [2.45, 2.75) is 45.2 Å². The van der Waals surface area contributed by atoms with Crippen LogP contribution in [0.25, 0.3) is 0 Å². The van der Waals surface area contributed by atoms with E-state index in [-0.39, 0.29) is 30.3 Å². The molecule has 3 amide bonds. The van der Waals surface area contributed by atoms with Crippen LogP contribution < -0.4 is 5.32 Å². The van der Waals surface area contributed by atoms with E-state index in [0.717, 1.165) is 24.1 Å². The van der Waals surface area contributed by atoms with E-state index in [1.54, 1.807) is 21.9 Å². The molecule has 1 N–H and O–H groups in total. The fourth-order valence-corrected chi connectivity index (χ4v) is 4.14. The van der Waals surface area contributed by atoms with Crippen LogP contribution in [-0.2, 0) is 16.1 Å². The molecule has 156 valence electrons. The molecule has 30 heavy (non-hydrogen) atoms. The van der Waals surface area contributed by atoms with Gasteiger partial charge in [0.25, 0.3) is 5.91 Å². The molecule has 2 heterocycles. The number of piperazine rings is 1. The summed E-state index contributed by atoms with van der Waals surface area (Å²) in [6, 6.07) is 14.8. The Kier molecular flexibility index (Phi) is 5.57. The standard InChI is InChI=1S/C24H27N3O3/c1-16(2)18-9-11-20(12-10-18)25-23(29)19-7-5-17(6-8-19)14-26-15-22(28)27-13-3-4-21(27)24(26)30/h5-12,16,21H,3-4,13-15H2,1-2H3,(H,25,29)/t21-/m0/s1. The topological polar surface area (TPSA) is 69.7 Å². The third-order valence-corrected chi connectivity index (χ3v) is 5.92. The van der Waals surface area contributed by atoms with Crippen LogP contribution in [-0.4, -0.2) is 46.7 Å². The Bertz CT molecular complexity index is 951. The molecule has 2 aliphatic heterocycles. The molecule has 0 saturated carbocycles. The van der Waals surface area contributed by atoms with Gasteiger partial charge in [-0.3, -0.25) is 14.4 Å². The monoisotopic (exact) mass is 405 g/mol. The van der Waals surface area contributed by atoms with Gasteiger partial charge in [-0.1, -0.05) is 38.1 Å². The van der Waals surface area contributed by atoms with Gasteiger partial charge in [-0.05, 0) is 54.2 Å². The van der Waals surface area contributed by atoms with Gasteiger partial charge in [-0.25, -0.2) is 0 Å². The molecule has 0 bridgehead atoms. The number of carbonyl (C=O) groups excluding carboxylic acids is 3. The number of fused-ring (bicyclic) bond motifs is 1. The summed E-state index contributed by atoms with van der Waals surface area (Å²) in [7, 11) is 0. The lowest BCUT2D eigenvalue weighted by Crippen LogP contribution is -2.56. The van der Waals surface area contributed by atoms with Crippen molar-refractivity contribution >= 4 is 23.4 Å². The lowest BCUT2D eigenvalue weighted by Gasteiger charge is -2.36. The number of carbonyl (C=O) groups is 3. The summed E-state index contributed by atoms with van der Waals surface area (Å²) in [6.45, 7) is 5.46. The van der Waals surface area contributed by atoms with Crippen LogP contribution in [0.3, 0.4) is 0 Å². The number of anilines is 1. The number of amides is 3. The van der Waals surface area contributed by atoms with Gasteiger partial charge in [0.15, 0.2) is 0 Å². The van der Waals surface area contributed by atoms with Gasteiger partial charge in [0.05, 0.1) is 0 Å². The molecule has 2 fully saturated rings. The van der Waals surface area contributed by atoms with Crippen molar-refractivity contribution in [1.82, 2.24) is 9.80 Å². The molecule has 2 saturated heterocycles. The van der Waals surface area contributed by atoms with Crippen molar-refractivity contribution in [3.63, 3.8) is 0 Å². The average Bonchev–Trinajstić information content (AvgIpc) is 3.23. The summed E-state index contributed by atoms with van der Waals surface area (Å²) in [6.07, 6.45) is 1.64. The number of rotatable bonds is 5. The number of hydrogen-bond acceptors (Lipinski definition) is 3. The van der Waals surface area contributed by atoms with Crippen LogP contribution in [0.2, 0.25) is 0 Å². The average molecular weight is 405 g/mol. The molecule has 6 heteroatoms. The largest absolute Gasteiger partial charge is 0.329 e. The highest BCUT2D eigenvalue weighted by molar-refractivity contribution is 6.04. The third-order valence-electron chi connectivity index (χ3n) is 5.92. The van der Waals surface area contributed by atoms with Crippen LogP contribution in [0.1, 0.15) is 54.1 Å². The SMILES string of the molecule is CC(C)c1ccc(NC(=O)c2ccc(CN3CC(=O)N4CCC[C@H]4C3=O)cc2)cc1. The predicted molar refractivity (Wildman–Crippen MR) is 115 cm³/mol. The van der Waals surface area contributed by atoms with Crippen molar-refractivity contribution < 1.29 is 14.4 Å². The minimum atomic E-state index is -0.293. The molecule has 0 unspecified atom stereocenters. The molecule has 2 aromatic carbocycles. The Morgan fingerprint density at radius 2 is 1.77 bits per heavy atom. The van der Waals surface area contributed by atoms with E-state index < -0.39 is 0 Å². The lowest BCUT2D eigenvalue weighted by atomic mass is 10.0. The minimum Gasteiger partial charge on any atom is -0.329 e. The van der Waals surface area contributed by atoms with Crippen molar-refractivity contribution in [2.75, 3.05) is 18.4 Å². The Labute approximate surface area is 176 Å². The molecule has 6 nitrogen and oxygen atoms in total. The molecule has 0 aromatic heterocycles. The van der Waals surface area contributed by atoms with Gasteiger partial charge in [-0.15, -0.1) is 0 Å². The first kappa shape index (κ1) is 20.1. The van der Waals surface area contributed by atoms with Crippen LogP contribution in [0.4, 0.5) is 5.69 Å². The van der Waals surface area contributed by atoms with Gasteiger partial charge in [0, 0.05) is 24.3 Å². The van der Waals surface area contributed by atoms with Crippen molar-refractivity contribution in [2.24, 2.45) is 0 Å². The second-order valence-corrected chi connectivity index (χ2v) is 8.37. The van der Waals surface area contributed by atoms with Crippen LogP contribution >= 0.6 is 0 Å². The van der Waals surface area contributed by atoms with E-state index in [1.165, 1.54) is 5.56 Å². The quantitative estimate of drug-likeness (QED) is 0.829. The maximum absolute atomic E-state index is 12.7. The fourth-order valence-electron chi connectivity index (χ4n) is 4.14. The van der Waals surface area contributed by atoms with Gasteiger partial charge < -0.3 is 15.1 Å². The molecule has 0 radical (unpaired) electrons. The van der Waals surface area contributed by atoms with Crippen LogP contribution in [0, 0.1) is 0 Å². The second kappa shape index (κ2) is 8.30. The summed E-state index contributed by atoms with van der Waals surface area (Å²) >= 11 is 0. The second-order valence-electron chi connectivity index (χ2n) is 8.37. The van der Waals surface area contributed by atoms with E-state index in [4.69, 9.17) is 0 Å². The van der Waals surface area contributed by atoms with Gasteiger partial charge in [0.1, 0.15) is 12.6 Å². The molecule has 2 aliphatic rings. The molecular weight excluding hydrogens is 378 g/mol. The highest BCUT2D eigenvalue weighted by atomic mass is 16.2. The number of hydrogen-bond donors (Lipinski definition) is 1. The maximum Gasteiger partial charge on any atom is 0.255 e. The van der Waals surface area contributed by atoms with Gasteiger partial charge in [-0.2, -0.15) is 0 Å². The highest BCUT2D eigenvalue weighted by Crippen LogP contribution is 2.25. The summed E-state index contributed by atoms with van der Waals surface area (Å²) in [5.41, 5.74) is 3.44. The normalized spacial score (nSPS) is 18.7. The van der Waals surface area contributed by atoms with Crippen molar-refractivity contribution in [1.29, 1.82) is 0 Å². The van der Waals surface area contributed by atoms with Crippen LogP contribution in [0.5, 0.6) is 0 Å². The smallest absolute Gasteiger partial charge is 0.255 e.